The first-order valence-corrected chi connectivity index (χ1v) is 7.87. The third-order valence-corrected chi connectivity index (χ3v) is 3.86. The largest absolute Gasteiger partial charge is 0.503 e. The van der Waals surface area contributed by atoms with Crippen LogP contribution in [0.3, 0.4) is 0 Å². The van der Waals surface area contributed by atoms with Gasteiger partial charge in [0.15, 0.2) is 5.75 Å². The maximum Gasteiger partial charge on any atom is 0.223 e. The van der Waals surface area contributed by atoms with Crippen LogP contribution in [0.4, 0.5) is 0 Å². The van der Waals surface area contributed by atoms with Crippen LogP contribution >= 0.6 is 0 Å². The fourth-order valence-corrected chi connectivity index (χ4v) is 2.60. The van der Waals surface area contributed by atoms with Gasteiger partial charge in [0.1, 0.15) is 0 Å². The van der Waals surface area contributed by atoms with Crippen LogP contribution in [0, 0.1) is 0 Å². The van der Waals surface area contributed by atoms with Crippen molar-refractivity contribution in [2.45, 2.75) is 40.0 Å². The van der Waals surface area contributed by atoms with Gasteiger partial charge in [0.25, 0.3) is 0 Å². The highest BCUT2D eigenvalue weighted by molar-refractivity contribution is 5.30. The zero-order valence-corrected chi connectivity index (χ0v) is 14.2. The summed E-state index contributed by atoms with van der Waals surface area (Å²) in [6.45, 7) is 8.14. The van der Waals surface area contributed by atoms with E-state index in [0.717, 1.165) is 26.1 Å². The average molecular weight is 311 g/mol. The Morgan fingerprint density at radius 3 is 2.36 bits per heavy atom. The van der Waals surface area contributed by atoms with E-state index in [1.165, 1.54) is 6.07 Å². The summed E-state index contributed by atoms with van der Waals surface area (Å²) in [6.07, 6.45) is 0.900. The topological polar surface area (TPSA) is 68.9 Å². The molecule has 6 heteroatoms. The minimum atomic E-state index is -0.430. The van der Waals surface area contributed by atoms with Crippen LogP contribution in [0.1, 0.15) is 31.7 Å². The molecule has 0 amide bonds. The molecule has 0 radical (unpaired) electrons. The molecule has 6 nitrogen and oxygen atoms in total. The Balaban J connectivity index is 3.04. The van der Waals surface area contributed by atoms with Crippen LogP contribution in [0.25, 0.3) is 0 Å². The summed E-state index contributed by atoms with van der Waals surface area (Å²) in [7, 11) is 3.77. The lowest BCUT2D eigenvalue weighted by Gasteiger charge is -2.23. The lowest BCUT2D eigenvalue weighted by atomic mass is 10.2. The van der Waals surface area contributed by atoms with Gasteiger partial charge < -0.3 is 24.6 Å². The number of hydrogen-bond acceptors (Lipinski definition) is 5. The number of hydrogen-bond donors (Lipinski definition) is 2. The van der Waals surface area contributed by atoms with E-state index in [1.807, 2.05) is 23.6 Å². The Labute approximate surface area is 132 Å². The highest BCUT2D eigenvalue weighted by atomic mass is 16.3. The SMILES string of the molecule is CCN(CC)CCCn1c(CO)cc(=O)c(O)c1CN(C)C. The summed E-state index contributed by atoms with van der Waals surface area (Å²) in [5.74, 6) is -0.214. The molecule has 1 heterocycles. The van der Waals surface area contributed by atoms with E-state index in [0.29, 0.717) is 24.5 Å². The van der Waals surface area contributed by atoms with Crippen molar-refractivity contribution in [2.24, 2.45) is 0 Å². The van der Waals surface area contributed by atoms with Gasteiger partial charge in [-0.15, -0.1) is 0 Å². The predicted octanol–water partition coefficient (Wildman–Crippen LogP) is 0.840. The molecule has 1 aromatic rings. The van der Waals surface area contributed by atoms with E-state index in [2.05, 4.69) is 18.7 Å². The molecule has 0 aliphatic rings. The Hall–Kier alpha value is -1.37. The maximum atomic E-state index is 11.8. The molecule has 0 saturated heterocycles. The minimum absolute atomic E-state index is 0.207. The number of nitrogens with zero attached hydrogens (tertiary/aromatic N) is 3. The summed E-state index contributed by atoms with van der Waals surface area (Å²) in [5, 5.41) is 19.6. The van der Waals surface area contributed by atoms with E-state index >= 15 is 0 Å². The van der Waals surface area contributed by atoms with Gasteiger partial charge in [-0.2, -0.15) is 0 Å². The molecule has 0 unspecified atom stereocenters. The third kappa shape index (κ3) is 4.83. The van der Waals surface area contributed by atoms with Crippen LogP contribution < -0.4 is 5.43 Å². The zero-order chi connectivity index (χ0) is 16.7. The molecule has 2 N–H and O–H groups in total. The molecule has 0 saturated carbocycles. The van der Waals surface area contributed by atoms with Crippen LogP contribution in [0.2, 0.25) is 0 Å². The van der Waals surface area contributed by atoms with E-state index in [1.54, 1.807) is 0 Å². The van der Waals surface area contributed by atoms with Gasteiger partial charge >= 0.3 is 0 Å². The first-order valence-electron chi connectivity index (χ1n) is 7.87. The standard InChI is InChI=1S/C16H29N3O3/c1-5-18(6-2)8-7-9-19-13(12-20)10-15(21)16(22)14(19)11-17(3)4/h10,20,22H,5-9,11-12H2,1-4H3. The van der Waals surface area contributed by atoms with Crippen molar-refractivity contribution in [3.63, 3.8) is 0 Å². The van der Waals surface area contributed by atoms with Crippen molar-refractivity contribution >= 4 is 0 Å². The number of pyridine rings is 1. The second-order valence-electron chi connectivity index (χ2n) is 5.72. The second-order valence-corrected chi connectivity index (χ2v) is 5.72. The average Bonchev–Trinajstić information content (AvgIpc) is 2.49. The quantitative estimate of drug-likeness (QED) is 0.707. The van der Waals surface area contributed by atoms with Crippen LogP contribution in [0.15, 0.2) is 10.9 Å². The number of aromatic hydroxyl groups is 1. The molecule has 0 atom stereocenters. The molecular formula is C16H29N3O3. The summed E-state index contributed by atoms with van der Waals surface area (Å²) in [4.78, 5) is 16.1. The Morgan fingerprint density at radius 1 is 1.23 bits per heavy atom. The van der Waals surface area contributed by atoms with E-state index < -0.39 is 5.43 Å². The normalized spacial score (nSPS) is 11.6. The monoisotopic (exact) mass is 311 g/mol. The first-order chi connectivity index (χ1) is 10.4. The fraction of sp³-hybridized carbons (Fsp3) is 0.688. The molecule has 0 spiro atoms. The smallest absolute Gasteiger partial charge is 0.223 e. The molecule has 126 valence electrons. The summed E-state index contributed by atoms with van der Waals surface area (Å²) < 4.78 is 1.88. The molecule has 0 aliphatic heterocycles. The maximum absolute atomic E-state index is 11.8. The van der Waals surface area contributed by atoms with E-state index in [4.69, 9.17) is 0 Å². The van der Waals surface area contributed by atoms with E-state index in [-0.39, 0.29) is 12.4 Å². The molecule has 1 rings (SSSR count). The number of aliphatic hydroxyl groups is 1. The van der Waals surface area contributed by atoms with Crippen molar-refractivity contribution in [1.29, 1.82) is 0 Å². The fourth-order valence-electron chi connectivity index (χ4n) is 2.60. The zero-order valence-electron chi connectivity index (χ0n) is 14.2. The molecule has 0 bridgehead atoms. The van der Waals surface area contributed by atoms with Gasteiger partial charge in [0.05, 0.1) is 12.3 Å². The molecule has 0 aliphatic carbocycles. The highest BCUT2D eigenvalue weighted by Gasteiger charge is 2.15. The second kappa shape index (κ2) is 8.92. The van der Waals surface area contributed by atoms with E-state index in [9.17, 15) is 15.0 Å². The highest BCUT2D eigenvalue weighted by Crippen LogP contribution is 2.17. The van der Waals surface area contributed by atoms with Crippen molar-refractivity contribution in [3.05, 3.63) is 27.7 Å². The van der Waals surface area contributed by atoms with Gasteiger partial charge in [0, 0.05) is 24.8 Å². The third-order valence-electron chi connectivity index (χ3n) is 3.86. The summed E-state index contributed by atoms with van der Waals surface area (Å²) in [5.41, 5.74) is 0.696. The minimum Gasteiger partial charge on any atom is -0.503 e. The molecule has 0 aromatic carbocycles. The van der Waals surface area contributed by atoms with Crippen LogP contribution in [-0.2, 0) is 19.7 Å². The molecular weight excluding hydrogens is 282 g/mol. The molecule has 22 heavy (non-hydrogen) atoms. The van der Waals surface area contributed by atoms with Crippen LogP contribution in [-0.4, -0.2) is 58.3 Å². The number of aliphatic hydroxyl groups excluding tert-OH is 1. The Kier molecular flexibility index (Phi) is 7.58. The summed E-state index contributed by atoms with van der Waals surface area (Å²) >= 11 is 0. The predicted molar refractivity (Wildman–Crippen MR) is 88.1 cm³/mol. The van der Waals surface area contributed by atoms with Crippen molar-refractivity contribution in [1.82, 2.24) is 14.4 Å². The number of aromatic nitrogens is 1. The lowest BCUT2D eigenvalue weighted by Crippen LogP contribution is -2.27. The van der Waals surface area contributed by atoms with Gasteiger partial charge in [-0.05, 0) is 40.2 Å². The van der Waals surface area contributed by atoms with Crippen molar-refractivity contribution in [2.75, 3.05) is 33.7 Å². The summed E-state index contributed by atoms with van der Waals surface area (Å²) in [6, 6.07) is 1.33. The van der Waals surface area contributed by atoms with Gasteiger partial charge in [-0.3, -0.25) is 4.79 Å². The first kappa shape index (κ1) is 18.7. The van der Waals surface area contributed by atoms with Crippen molar-refractivity contribution < 1.29 is 10.2 Å². The number of rotatable bonds is 9. The van der Waals surface area contributed by atoms with Crippen molar-refractivity contribution in [3.8, 4) is 5.75 Å². The van der Waals surface area contributed by atoms with Gasteiger partial charge in [0.2, 0.25) is 5.43 Å². The molecule has 1 aromatic heterocycles. The van der Waals surface area contributed by atoms with Gasteiger partial charge in [-0.25, -0.2) is 0 Å². The Morgan fingerprint density at radius 2 is 1.86 bits per heavy atom. The lowest BCUT2D eigenvalue weighted by molar-refractivity contribution is 0.257. The molecule has 0 fully saturated rings. The van der Waals surface area contributed by atoms with Gasteiger partial charge in [-0.1, -0.05) is 13.8 Å². The van der Waals surface area contributed by atoms with Crippen LogP contribution in [0.5, 0.6) is 5.75 Å². The Bertz CT molecular complexity index is 522.